The first-order valence-corrected chi connectivity index (χ1v) is 5.06. The summed E-state index contributed by atoms with van der Waals surface area (Å²) in [7, 11) is 5.24. The van der Waals surface area contributed by atoms with Gasteiger partial charge in [0.05, 0.1) is 5.41 Å². The van der Waals surface area contributed by atoms with Crippen LogP contribution in [0, 0.1) is 5.41 Å². The molecule has 0 aliphatic rings. The van der Waals surface area contributed by atoms with E-state index in [0.717, 1.165) is 12.8 Å². The van der Waals surface area contributed by atoms with Crippen molar-refractivity contribution in [2.75, 3.05) is 0 Å². The van der Waals surface area contributed by atoms with Crippen LogP contribution in [0.3, 0.4) is 0 Å². The second-order valence-electron chi connectivity index (χ2n) is 3.67. The Morgan fingerprint density at radius 2 is 2.13 bits per heavy atom. The van der Waals surface area contributed by atoms with Crippen molar-refractivity contribution in [3.05, 3.63) is 0 Å². The molecule has 4 nitrogen and oxygen atoms in total. The Bertz CT molecular complexity index is 219. The van der Waals surface area contributed by atoms with Crippen molar-refractivity contribution in [3.63, 3.8) is 0 Å². The van der Waals surface area contributed by atoms with Gasteiger partial charge in [0.15, 0.2) is 14.0 Å². The monoisotopic (exact) mass is 212 g/mol. The molecule has 0 amide bonds. The van der Waals surface area contributed by atoms with Crippen LogP contribution in [0.5, 0.6) is 0 Å². The molecule has 0 saturated heterocycles. The lowest BCUT2D eigenvalue weighted by Crippen LogP contribution is -2.33. The van der Waals surface area contributed by atoms with E-state index in [9.17, 15) is 9.59 Å². The zero-order valence-corrected chi connectivity index (χ0v) is 9.49. The normalized spacial score (nSPS) is 16.2. The maximum atomic E-state index is 11.7. The van der Waals surface area contributed by atoms with Crippen LogP contribution in [0.15, 0.2) is 0 Å². The molecule has 0 aliphatic carbocycles. The number of hydrogen-bond donors (Lipinski definition) is 0. The molecule has 0 aliphatic heterocycles. The molecular weight excluding hydrogens is 195 g/mol. The fourth-order valence-corrected chi connectivity index (χ4v) is 1.31. The smallest absolute Gasteiger partial charge is 0.314 e. The van der Waals surface area contributed by atoms with Gasteiger partial charge < -0.3 is 9.47 Å². The molecule has 0 bridgehead atoms. The second-order valence-corrected chi connectivity index (χ2v) is 3.67. The van der Waals surface area contributed by atoms with Crippen molar-refractivity contribution >= 4 is 20.3 Å². The zero-order valence-electron chi connectivity index (χ0n) is 9.49. The van der Waals surface area contributed by atoms with Gasteiger partial charge in [0.2, 0.25) is 0 Å². The second kappa shape index (κ2) is 6.48. The summed E-state index contributed by atoms with van der Waals surface area (Å²) in [4.78, 5) is 21.6. The minimum atomic E-state index is -1.31. The Hall–Kier alpha value is -0.995. The molecule has 15 heavy (non-hydrogen) atoms. The van der Waals surface area contributed by atoms with Gasteiger partial charge in [0, 0.05) is 0 Å². The standard InChI is InChI=1S/C10H17BO4/c1-4-6-10(3,5-2)8(13)15-9(11)14-7-12/h7,9H,4-6H2,1-3H3. The lowest BCUT2D eigenvalue weighted by atomic mass is 9.83. The third-order valence-corrected chi connectivity index (χ3v) is 2.49. The summed E-state index contributed by atoms with van der Waals surface area (Å²) in [6, 6.07) is 0. The summed E-state index contributed by atoms with van der Waals surface area (Å²) in [5.74, 6) is -0.429. The maximum Gasteiger partial charge on any atom is 0.314 e. The van der Waals surface area contributed by atoms with E-state index < -0.39 is 17.6 Å². The van der Waals surface area contributed by atoms with Crippen LogP contribution in [0.25, 0.3) is 0 Å². The quantitative estimate of drug-likeness (QED) is 0.277. The van der Waals surface area contributed by atoms with E-state index in [0.29, 0.717) is 6.42 Å². The van der Waals surface area contributed by atoms with Gasteiger partial charge in [-0.1, -0.05) is 20.3 Å². The Balaban J connectivity index is 4.32. The molecule has 5 heteroatoms. The fourth-order valence-electron chi connectivity index (χ4n) is 1.31. The molecule has 0 aromatic carbocycles. The van der Waals surface area contributed by atoms with Crippen LogP contribution in [-0.4, -0.2) is 26.5 Å². The number of rotatable bonds is 7. The fraction of sp³-hybridized carbons (Fsp3) is 0.800. The molecular formula is C10H17BO4. The van der Waals surface area contributed by atoms with Gasteiger partial charge in [0.25, 0.3) is 6.47 Å². The summed E-state index contributed by atoms with van der Waals surface area (Å²) in [5.41, 5.74) is -0.557. The van der Waals surface area contributed by atoms with Crippen molar-refractivity contribution < 1.29 is 19.1 Å². The lowest BCUT2D eigenvalue weighted by Gasteiger charge is -2.26. The van der Waals surface area contributed by atoms with Crippen molar-refractivity contribution in [1.29, 1.82) is 0 Å². The van der Waals surface area contributed by atoms with Gasteiger partial charge >= 0.3 is 5.97 Å². The number of hydrogen-bond acceptors (Lipinski definition) is 4. The Morgan fingerprint density at radius 3 is 2.53 bits per heavy atom. The summed E-state index contributed by atoms with van der Waals surface area (Å²) in [6.45, 7) is 5.86. The van der Waals surface area contributed by atoms with E-state index >= 15 is 0 Å². The number of carbonyl (C=O) groups is 2. The first kappa shape index (κ1) is 14.0. The predicted molar refractivity (Wildman–Crippen MR) is 56.1 cm³/mol. The van der Waals surface area contributed by atoms with E-state index in [4.69, 9.17) is 12.6 Å². The summed E-state index contributed by atoms with van der Waals surface area (Å²) in [6.07, 6.45) is 0.949. The Kier molecular flexibility index (Phi) is 6.05. The maximum absolute atomic E-state index is 11.7. The molecule has 0 saturated carbocycles. The highest BCUT2D eigenvalue weighted by atomic mass is 16.7. The van der Waals surface area contributed by atoms with Crippen molar-refractivity contribution in [3.8, 4) is 0 Å². The highest BCUT2D eigenvalue weighted by molar-refractivity contribution is 6.11. The van der Waals surface area contributed by atoms with Crippen molar-refractivity contribution in [2.45, 2.75) is 46.2 Å². The van der Waals surface area contributed by atoms with E-state index in [-0.39, 0.29) is 6.47 Å². The minimum Gasteiger partial charge on any atom is -0.438 e. The van der Waals surface area contributed by atoms with E-state index in [1.807, 2.05) is 20.8 Å². The van der Waals surface area contributed by atoms with Crippen LogP contribution in [0.2, 0.25) is 0 Å². The van der Waals surface area contributed by atoms with Gasteiger partial charge in [-0.2, -0.15) is 0 Å². The summed E-state index contributed by atoms with van der Waals surface area (Å²) < 4.78 is 9.07. The van der Waals surface area contributed by atoms with Gasteiger partial charge in [0.1, 0.15) is 0 Å². The Labute approximate surface area is 91.7 Å². The number of esters is 1. The molecule has 0 fully saturated rings. The van der Waals surface area contributed by atoms with Crippen LogP contribution < -0.4 is 0 Å². The highest BCUT2D eigenvalue weighted by Crippen LogP contribution is 2.29. The molecule has 2 radical (unpaired) electrons. The third kappa shape index (κ3) is 4.36. The van der Waals surface area contributed by atoms with Crippen LogP contribution >= 0.6 is 0 Å². The topological polar surface area (TPSA) is 52.6 Å². The molecule has 0 rings (SSSR count). The SMILES string of the molecule is [B]C(OC=O)OC(=O)C(C)(CC)CCC. The average Bonchev–Trinajstić information content (AvgIpc) is 2.18. The molecule has 84 valence electrons. The first-order chi connectivity index (χ1) is 7.00. The van der Waals surface area contributed by atoms with E-state index in [1.54, 1.807) is 0 Å². The summed E-state index contributed by atoms with van der Waals surface area (Å²) in [5, 5.41) is 0. The zero-order chi connectivity index (χ0) is 11.9. The number of ether oxygens (including phenoxy) is 2. The lowest BCUT2D eigenvalue weighted by molar-refractivity contribution is -0.176. The van der Waals surface area contributed by atoms with Gasteiger partial charge in [-0.05, 0) is 19.8 Å². The first-order valence-electron chi connectivity index (χ1n) is 5.06. The molecule has 0 spiro atoms. The molecule has 2 atom stereocenters. The Morgan fingerprint density at radius 1 is 1.53 bits per heavy atom. The van der Waals surface area contributed by atoms with Crippen LogP contribution in [0.1, 0.15) is 40.0 Å². The van der Waals surface area contributed by atoms with Gasteiger partial charge in [-0.3, -0.25) is 9.59 Å². The molecule has 2 unspecified atom stereocenters. The van der Waals surface area contributed by atoms with Crippen LogP contribution in [0.4, 0.5) is 0 Å². The van der Waals surface area contributed by atoms with Gasteiger partial charge in [-0.15, -0.1) is 0 Å². The van der Waals surface area contributed by atoms with Crippen molar-refractivity contribution in [1.82, 2.24) is 0 Å². The van der Waals surface area contributed by atoms with Gasteiger partial charge in [-0.25, -0.2) is 0 Å². The third-order valence-electron chi connectivity index (χ3n) is 2.49. The van der Waals surface area contributed by atoms with Crippen LogP contribution in [-0.2, 0) is 19.1 Å². The summed E-state index contributed by atoms with van der Waals surface area (Å²) >= 11 is 0. The van der Waals surface area contributed by atoms with E-state index in [1.165, 1.54) is 0 Å². The average molecular weight is 212 g/mol. The largest absolute Gasteiger partial charge is 0.438 e. The molecule has 0 heterocycles. The molecule has 0 N–H and O–H groups in total. The van der Waals surface area contributed by atoms with Crippen molar-refractivity contribution in [2.24, 2.45) is 5.41 Å². The number of carbonyl (C=O) groups excluding carboxylic acids is 2. The van der Waals surface area contributed by atoms with E-state index in [2.05, 4.69) is 4.74 Å². The molecule has 0 aromatic rings. The molecule has 0 aromatic heterocycles. The highest BCUT2D eigenvalue weighted by Gasteiger charge is 2.33. The minimum absolute atomic E-state index is 0.154. The predicted octanol–water partition coefficient (Wildman–Crippen LogP) is 1.37.